The molecule has 5 heteroatoms. The summed E-state index contributed by atoms with van der Waals surface area (Å²) < 4.78 is 25.8. The third-order valence-electron chi connectivity index (χ3n) is 5.04. The molecule has 0 spiro atoms. The van der Waals surface area contributed by atoms with Crippen molar-refractivity contribution < 1.29 is 8.42 Å². The van der Waals surface area contributed by atoms with E-state index in [1.54, 1.807) is 12.1 Å². The first-order valence-corrected chi connectivity index (χ1v) is 10.8. The van der Waals surface area contributed by atoms with Gasteiger partial charge in [-0.05, 0) is 62.4 Å². The van der Waals surface area contributed by atoms with E-state index >= 15 is 0 Å². The SMILES string of the molecule is Cc1ccccc1-c1nc2c(n1-c1ccc(S(C)(=O)=O)cc1)CCCC2. The molecule has 134 valence electrons. The summed E-state index contributed by atoms with van der Waals surface area (Å²) in [7, 11) is -3.20. The maximum Gasteiger partial charge on any atom is 0.175 e. The highest BCUT2D eigenvalue weighted by Crippen LogP contribution is 2.32. The van der Waals surface area contributed by atoms with E-state index in [0.29, 0.717) is 4.90 Å². The molecule has 0 saturated heterocycles. The molecule has 2 aromatic carbocycles. The number of hydrogen-bond donors (Lipinski definition) is 0. The van der Waals surface area contributed by atoms with Crippen LogP contribution >= 0.6 is 0 Å². The minimum Gasteiger partial charge on any atom is -0.296 e. The van der Waals surface area contributed by atoms with Crippen molar-refractivity contribution in [3.8, 4) is 17.1 Å². The largest absolute Gasteiger partial charge is 0.296 e. The Balaban J connectivity index is 1.92. The fraction of sp³-hybridized carbons (Fsp3) is 0.286. The van der Waals surface area contributed by atoms with E-state index in [2.05, 4.69) is 23.6 Å². The number of imidazole rings is 1. The Hall–Kier alpha value is -2.40. The molecule has 0 N–H and O–H groups in total. The lowest BCUT2D eigenvalue weighted by molar-refractivity contribution is 0.602. The quantitative estimate of drug-likeness (QED) is 0.700. The van der Waals surface area contributed by atoms with Gasteiger partial charge in [0.15, 0.2) is 9.84 Å². The summed E-state index contributed by atoms with van der Waals surface area (Å²) in [5.74, 6) is 0.946. The minimum atomic E-state index is -3.20. The molecule has 0 fully saturated rings. The lowest BCUT2D eigenvalue weighted by atomic mass is 10.0. The molecule has 1 aliphatic carbocycles. The van der Waals surface area contributed by atoms with E-state index < -0.39 is 9.84 Å². The van der Waals surface area contributed by atoms with E-state index in [1.807, 2.05) is 24.3 Å². The molecule has 4 nitrogen and oxygen atoms in total. The smallest absolute Gasteiger partial charge is 0.175 e. The first-order valence-electron chi connectivity index (χ1n) is 8.92. The van der Waals surface area contributed by atoms with Crippen LogP contribution in [0.25, 0.3) is 17.1 Å². The third-order valence-corrected chi connectivity index (χ3v) is 6.17. The number of aromatic nitrogens is 2. The van der Waals surface area contributed by atoms with Crippen molar-refractivity contribution in [1.82, 2.24) is 9.55 Å². The topological polar surface area (TPSA) is 52.0 Å². The van der Waals surface area contributed by atoms with Gasteiger partial charge in [0.05, 0.1) is 10.6 Å². The maximum absolute atomic E-state index is 11.8. The predicted octanol–water partition coefficient (Wildman–Crippen LogP) is 4.13. The summed E-state index contributed by atoms with van der Waals surface area (Å²) >= 11 is 0. The highest BCUT2D eigenvalue weighted by atomic mass is 32.2. The predicted molar refractivity (Wildman–Crippen MR) is 103 cm³/mol. The van der Waals surface area contributed by atoms with Crippen molar-refractivity contribution in [2.75, 3.05) is 6.26 Å². The van der Waals surface area contributed by atoms with Crippen LogP contribution in [0.2, 0.25) is 0 Å². The fourth-order valence-corrected chi connectivity index (χ4v) is 4.30. The first-order chi connectivity index (χ1) is 12.4. The highest BCUT2D eigenvalue weighted by Gasteiger charge is 2.22. The number of rotatable bonds is 3. The van der Waals surface area contributed by atoms with Gasteiger partial charge in [0.2, 0.25) is 0 Å². The molecule has 0 amide bonds. The summed E-state index contributed by atoms with van der Waals surface area (Å²) in [6.07, 6.45) is 5.57. The Morgan fingerprint density at radius 3 is 2.35 bits per heavy atom. The molecule has 0 aliphatic heterocycles. The molecule has 3 aromatic rings. The molecule has 0 bridgehead atoms. The van der Waals surface area contributed by atoms with Crippen LogP contribution in [-0.4, -0.2) is 24.2 Å². The van der Waals surface area contributed by atoms with Crippen LogP contribution in [0.1, 0.15) is 29.8 Å². The van der Waals surface area contributed by atoms with Crippen molar-refractivity contribution in [3.63, 3.8) is 0 Å². The van der Waals surface area contributed by atoms with Crippen LogP contribution in [0.5, 0.6) is 0 Å². The monoisotopic (exact) mass is 366 g/mol. The number of sulfone groups is 1. The van der Waals surface area contributed by atoms with Crippen LogP contribution < -0.4 is 0 Å². The van der Waals surface area contributed by atoms with Gasteiger partial charge in [-0.2, -0.15) is 0 Å². The van der Waals surface area contributed by atoms with Gasteiger partial charge in [-0.3, -0.25) is 4.57 Å². The van der Waals surface area contributed by atoms with Gasteiger partial charge in [0, 0.05) is 23.2 Å². The average Bonchev–Trinajstić information content (AvgIpc) is 3.00. The number of hydrogen-bond acceptors (Lipinski definition) is 3. The summed E-state index contributed by atoms with van der Waals surface area (Å²) in [5, 5.41) is 0. The Labute approximate surface area is 154 Å². The van der Waals surface area contributed by atoms with E-state index in [4.69, 9.17) is 4.98 Å². The summed E-state index contributed by atoms with van der Waals surface area (Å²) in [6, 6.07) is 15.4. The van der Waals surface area contributed by atoms with Crippen molar-refractivity contribution in [2.24, 2.45) is 0 Å². The standard InChI is InChI=1S/C21H22N2O2S/c1-15-7-3-4-8-18(15)21-22-19-9-5-6-10-20(19)23(21)16-11-13-17(14-12-16)26(2,24)25/h3-4,7-8,11-14H,5-6,9-10H2,1-2H3. The second-order valence-corrected chi connectivity index (χ2v) is 8.97. The molecule has 0 radical (unpaired) electrons. The lowest BCUT2D eigenvalue weighted by Crippen LogP contribution is -2.08. The molecule has 0 unspecified atom stereocenters. The molecule has 0 atom stereocenters. The molecule has 1 heterocycles. The van der Waals surface area contributed by atoms with Crippen LogP contribution in [0.4, 0.5) is 0 Å². The van der Waals surface area contributed by atoms with Crippen LogP contribution in [-0.2, 0) is 22.7 Å². The number of aryl methyl sites for hydroxylation is 2. The van der Waals surface area contributed by atoms with Crippen LogP contribution in [0.15, 0.2) is 53.4 Å². The average molecular weight is 366 g/mol. The Morgan fingerprint density at radius 1 is 0.962 bits per heavy atom. The van der Waals surface area contributed by atoms with Gasteiger partial charge in [-0.1, -0.05) is 24.3 Å². The van der Waals surface area contributed by atoms with Crippen molar-refractivity contribution in [3.05, 3.63) is 65.5 Å². The maximum atomic E-state index is 11.8. The highest BCUT2D eigenvalue weighted by molar-refractivity contribution is 7.90. The number of benzene rings is 2. The van der Waals surface area contributed by atoms with Crippen molar-refractivity contribution >= 4 is 9.84 Å². The molecule has 4 rings (SSSR count). The Bertz CT molecular complexity index is 1060. The van der Waals surface area contributed by atoms with Crippen molar-refractivity contribution in [2.45, 2.75) is 37.5 Å². The van der Waals surface area contributed by atoms with E-state index in [9.17, 15) is 8.42 Å². The van der Waals surface area contributed by atoms with E-state index in [1.165, 1.54) is 29.6 Å². The zero-order chi connectivity index (χ0) is 18.3. The Morgan fingerprint density at radius 2 is 1.65 bits per heavy atom. The molecule has 26 heavy (non-hydrogen) atoms. The summed E-state index contributed by atoms with van der Waals surface area (Å²) in [4.78, 5) is 5.31. The minimum absolute atomic E-state index is 0.340. The van der Waals surface area contributed by atoms with Crippen molar-refractivity contribution in [1.29, 1.82) is 0 Å². The van der Waals surface area contributed by atoms with E-state index in [0.717, 1.165) is 36.3 Å². The van der Waals surface area contributed by atoms with Gasteiger partial charge < -0.3 is 0 Å². The normalized spacial score (nSPS) is 14.2. The van der Waals surface area contributed by atoms with Crippen LogP contribution in [0.3, 0.4) is 0 Å². The molecule has 0 saturated carbocycles. The van der Waals surface area contributed by atoms with E-state index in [-0.39, 0.29) is 0 Å². The number of nitrogens with zero attached hydrogens (tertiary/aromatic N) is 2. The summed E-state index contributed by atoms with van der Waals surface area (Å²) in [5.41, 5.74) is 5.69. The van der Waals surface area contributed by atoms with Gasteiger partial charge in [0.25, 0.3) is 0 Å². The lowest BCUT2D eigenvalue weighted by Gasteiger charge is -2.16. The molecular weight excluding hydrogens is 344 g/mol. The van der Waals surface area contributed by atoms with Crippen LogP contribution in [0, 0.1) is 6.92 Å². The molecule has 1 aromatic heterocycles. The second kappa shape index (κ2) is 6.40. The zero-order valence-corrected chi connectivity index (χ0v) is 15.9. The molecule has 1 aliphatic rings. The fourth-order valence-electron chi connectivity index (χ4n) is 3.67. The zero-order valence-electron chi connectivity index (χ0n) is 15.1. The van der Waals surface area contributed by atoms with Gasteiger partial charge >= 0.3 is 0 Å². The Kier molecular flexibility index (Phi) is 4.19. The number of fused-ring (bicyclic) bond motifs is 1. The van der Waals surface area contributed by atoms with Gasteiger partial charge in [-0.15, -0.1) is 0 Å². The second-order valence-electron chi connectivity index (χ2n) is 6.95. The summed E-state index contributed by atoms with van der Waals surface area (Å²) in [6.45, 7) is 2.10. The third kappa shape index (κ3) is 2.97. The van der Waals surface area contributed by atoms with Gasteiger partial charge in [0.1, 0.15) is 5.82 Å². The molecular formula is C21H22N2O2S. The van der Waals surface area contributed by atoms with Gasteiger partial charge in [-0.25, -0.2) is 13.4 Å². The first kappa shape index (κ1) is 17.0.